The zero-order valence-electron chi connectivity index (χ0n) is 15.9. The van der Waals surface area contributed by atoms with Crippen LogP contribution in [0.15, 0.2) is 53.5 Å². The van der Waals surface area contributed by atoms with E-state index in [0.717, 1.165) is 17.7 Å². The minimum atomic E-state index is -0.401. The molecule has 0 atom stereocenters. The minimum Gasteiger partial charge on any atom is -0.348 e. The number of nitrogens with zero attached hydrogens (tertiary/aromatic N) is 1. The molecule has 1 aliphatic rings. The summed E-state index contributed by atoms with van der Waals surface area (Å²) in [5, 5.41) is 2.42. The molecule has 3 rings (SSSR count). The molecule has 0 saturated carbocycles. The van der Waals surface area contributed by atoms with E-state index in [1.165, 1.54) is 36.8 Å². The van der Waals surface area contributed by atoms with Gasteiger partial charge in [-0.3, -0.25) is 0 Å². The van der Waals surface area contributed by atoms with Gasteiger partial charge in [-0.05, 0) is 42.3 Å². The molecule has 0 radical (unpaired) electrons. The first kappa shape index (κ1) is 19.9. The molecular weight excluding hydrogens is 354 g/mol. The van der Waals surface area contributed by atoms with Gasteiger partial charge in [-0.1, -0.05) is 68.7 Å². The number of ether oxygens (including phenoxy) is 2. The molecule has 0 spiro atoms. The second-order valence-corrected chi connectivity index (χ2v) is 7.19. The highest BCUT2D eigenvalue weighted by Gasteiger charge is 2.26. The van der Waals surface area contributed by atoms with Gasteiger partial charge < -0.3 is 9.47 Å². The van der Waals surface area contributed by atoms with Crippen LogP contribution < -0.4 is 0 Å². The Morgan fingerprint density at radius 3 is 2.44 bits per heavy atom. The summed E-state index contributed by atoms with van der Waals surface area (Å²) in [5.41, 5.74) is 4.34. The van der Waals surface area contributed by atoms with Crippen LogP contribution in [0.4, 0.5) is 5.69 Å². The van der Waals surface area contributed by atoms with E-state index < -0.39 is 6.29 Å². The van der Waals surface area contributed by atoms with Gasteiger partial charge in [0, 0.05) is 11.5 Å². The summed E-state index contributed by atoms with van der Waals surface area (Å²) < 4.78 is 12.0. The Kier molecular flexibility index (Phi) is 7.73. The molecule has 0 aromatic heterocycles. The van der Waals surface area contributed by atoms with Crippen LogP contribution in [0.1, 0.15) is 61.5 Å². The predicted molar refractivity (Wildman–Crippen MR) is 113 cm³/mol. The Bertz CT molecular complexity index is 760. The topological polar surface area (TPSA) is 30.8 Å². The first-order valence-corrected chi connectivity index (χ1v) is 10.2. The molecule has 1 aliphatic heterocycles. The zero-order valence-corrected chi connectivity index (χ0v) is 16.7. The standard InChI is InChI=1S/C23H27NO2S/c1-2-3-4-5-8-18-11-13-19(14-12-18)20-15-25-23(26-16-20)21-9-6-7-10-22(21)24-17-27/h6-7,9-14,20,23H,2-5,8,15-16H2,1H3. The SMILES string of the molecule is CCCCCCc1ccc(C2COC(c3ccccc3N=C=S)OC2)cc1. The van der Waals surface area contributed by atoms with Gasteiger partial charge in [0.2, 0.25) is 0 Å². The summed E-state index contributed by atoms with van der Waals surface area (Å²) in [6.45, 7) is 3.52. The Balaban J connectivity index is 1.55. The van der Waals surface area contributed by atoms with Crippen LogP contribution in [0.25, 0.3) is 0 Å². The number of unbranched alkanes of at least 4 members (excludes halogenated alkanes) is 3. The summed E-state index contributed by atoms with van der Waals surface area (Å²) in [5.74, 6) is 0.261. The number of thiocarbonyl (C=S) groups is 1. The van der Waals surface area contributed by atoms with Crippen LogP contribution in [0.3, 0.4) is 0 Å². The zero-order chi connectivity index (χ0) is 18.9. The van der Waals surface area contributed by atoms with Crippen molar-refractivity contribution in [3.63, 3.8) is 0 Å². The number of hydrogen-bond acceptors (Lipinski definition) is 4. The molecule has 1 saturated heterocycles. The quantitative estimate of drug-likeness (QED) is 0.302. The lowest BCUT2D eigenvalue weighted by Gasteiger charge is -2.30. The minimum absolute atomic E-state index is 0.261. The molecule has 27 heavy (non-hydrogen) atoms. The molecule has 0 unspecified atom stereocenters. The Morgan fingerprint density at radius 1 is 1.00 bits per heavy atom. The van der Waals surface area contributed by atoms with E-state index in [1.54, 1.807) is 0 Å². The molecule has 0 bridgehead atoms. The summed E-state index contributed by atoms with van der Waals surface area (Å²) in [6.07, 6.45) is 5.96. The van der Waals surface area contributed by atoms with Gasteiger partial charge in [-0.25, -0.2) is 0 Å². The van der Waals surface area contributed by atoms with E-state index in [0.29, 0.717) is 13.2 Å². The second kappa shape index (κ2) is 10.5. The third-order valence-corrected chi connectivity index (χ3v) is 5.12. The normalized spacial score (nSPS) is 19.4. The van der Waals surface area contributed by atoms with Gasteiger partial charge in [0.15, 0.2) is 6.29 Å². The molecule has 0 amide bonds. The van der Waals surface area contributed by atoms with Crippen LogP contribution in [-0.2, 0) is 15.9 Å². The van der Waals surface area contributed by atoms with Gasteiger partial charge in [-0.2, -0.15) is 4.99 Å². The van der Waals surface area contributed by atoms with E-state index >= 15 is 0 Å². The monoisotopic (exact) mass is 381 g/mol. The highest BCUT2D eigenvalue weighted by Crippen LogP contribution is 2.34. The fourth-order valence-corrected chi connectivity index (χ4v) is 3.52. The maximum atomic E-state index is 6.00. The molecular formula is C23H27NO2S. The number of isothiocyanates is 1. The number of benzene rings is 2. The second-order valence-electron chi connectivity index (χ2n) is 7.01. The maximum absolute atomic E-state index is 6.00. The smallest absolute Gasteiger partial charge is 0.185 e. The molecule has 0 N–H and O–H groups in total. The Hall–Kier alpha value is -1.84. The van der Waals surface area contributed by atoms with E-state index in [2.05, 4.69) is 41.3 Å². The van der Waals surface area contributed by atoms with Crippen LogP contribution in [0.5, 0.6) is 0 Å². The number of para-hydroxylation sites is 1. The molecule has 3 nitrogen and oxygen atoms in total. The number of rotatable bonds is 8. The van der Waals surface area contributed by atoms with E-state index in [-0.39, 0.29) is 5.92 Å². The van der Waals surface area contributed by atoms with E-state index in [4.69, 9.17) is 21.7 Å². The van der Waals surface area contributed by atoms with Crippen LogP contribution in [-0.4, -0.2) is 18.4 Å². The lowest BCUT2D eigenvalue weighted by molar-refractivity contribution is -0.191. The van der Waals surface area contributed by atoms with Crippen molar-refractivity contribution < 1.29 is 9.47 Å². The van der Waals surface area contributed by atoms with Crippen molar-refractivity contribution in [1.29, 1.82) is 0 Å². The number of hydrogen-bond donors (Lipinski definition) is 0. The van der Waals surface area contributed by atoms with Gasteiger partial charge in [0.05, 0.1) is 24.1 Å². The molecule has 142 valence electrons. The summed E-state index contributed by atoms with van der Waals surface area (Å²) in [7, 11) is 0. The Morgan fingerprint density at radius 2 is 1.74 bits per heavy atom. The summed E-state index contributed by atoms with van der Waals surface area (Å²) >= 11 is 4.73. The lowest BCUT2D eigenvalue weighted by Crippen LogP contribution is -2.25. The lowest BCUT2D eigenvalue weighted by atomic mass is 9.97. The van der Waals surface area contributed by atoms with Crippen molar-refractivity contribution in [1.82, 2.24) is 0 Å². The third kappa shape index (κ3) is 5.57. The molecule has 2 aromatic rings. The predicted octanol–water partition coefficient (Wildman–Crippen LogP) is 6.37. The molecule has 1 heterocycles. The van der Waals surface area contributed by atoms with Crippen LogP contribution in [0, 0.1) is 0 Å². The highest BCUT2D eigenvalue weighted by molar-refractivity contribution is 7.78. The largest absolute Gasteiger partial charge is 0.348 e. The van der Waals surface area contributed by atoms with Gasteiger partial charge in [-0.15, -0.1) is 0 Å². The maximum Gasteiger partial charge on any atom is 0.185 e. The number of aryl methyl sites for hydroxylation is 1. The van der Waals surface area contributed by atoms with Gasteiger partial charge in [0.1, 0.15) is 0 Å². The summed E-state index contributed by atoms with van der Waals surface area (Å²) in [4.78, 5) is 4.11. The highest BCUT2D eigenvalue weighted by atomic mass is 32.1. The summed E-state index contributed by atoms with van der Waals surface area (Å²) in [6, 6.07) is 16.7. The number of aliphatic imine (C=N–C) groups is 1. The van der Waals surface area contributed by atoms with Crippen molar-refractivity contribution in [3.05, 3.63) is 65.2 Å². The van der Waals surface area contributed by atoms with Crippen molar-refractivity contribution in [2.45, 2.75) is 51.2 Å². The molecule has 0 aliphatic carbocycles. The average molecular weight is 382 g/mol. The molecule has 1 fully saturated rings. The van der Waals surface area contributed by atoms with Gasteiger partial charge in [0.25, 0.3) is 0 Å². The van der Waals surface area contributed by atoms with Crippen molar-refractivity contribution in [3.8, 4) is 0 Å². The third-order valence-electron chi connectivity index (χ3n) is 5.02. The fourth-order valence-electron chi connectivity index (χ4n) is 3.43. The van der Waals surface area contributed by atoms with Crippen molar-refractivity contribution in [2.24, 2.45) is 4.99 Å². The average Bonchev–Trinajstić information content (AvgIpc) is 2.73. The van der Waals surface area contributed by atoms with E-state index in [9.17, 15) is 0 Å². The van der Waals surface area contributed by atoms with Crippen LogP contribution in [0.2, 0.25) is 0 Å². The van der Waals surface area contributed by atoms with Crippen molar-refractivity contribution in [2.75, 3.05) is 13.2 Å². The van der Waals surface area contributed by atoms with E-state index in [1.807, 2.05) is 24.3 Å². The first-order valence-electron chi connectivity index (χ1n) is 9.80. The van der Waals surface area contributed by atoms with Crippen LogP contribution >= 0.6 is 12.2 Å². The fraction of sp³-hybridized carbons (Fsp3) is 0.435. The van der Waals surface area contributed by atoms with Gasteiger partial charge >= 0.3 is 0 Å². The van der Waals surface area contributed by atoms with Crippen molar-refractivity contribution >= 4 is 23.1 Å². The molecule has 4 heteroatoms. The Labute approximate surface area is 167 Å². The molecule has 2 aromatic carbocycles. The first-order chi connectivity index (χ1) is 13.3.